The molecule has 1 fully saturated rings. The first-order valence-electron chi connectivity index (χ1n) is 3.80. The molecular weight excluding hydrogens is 156 g/mol. The molecule has 0 aromatic rings. The predicted octanol–water partition coefficient (Wildman–Crippen LogP) is 1.36. The maximum atomic E-state index is 10.4. The van der Waals surface area contributed by atoms with E-state index in [1.807, 2.05) is 0 Å². The van der Waals surface area contributed by atoms with Crippen LogP contribution < -0.4 is 0 Å². The molecule has 1 unspecified atom stereocenters. The summed E-state index contributed by atoms with van der Waals surface area (Å²) >= 11 is 0. The molecule has 0 aromatic carbocycles. The van der Waals surface area contributed by atoms with Gasteiger partial charge in [0.1, 0.15) is 0 Å². The van der Waals surface area contributed by atoms with Gasteiger partial charge in [0.2, 0.25) is 0 Å². The highest BCUT2D eigenvalue weighted by atomic mass is 16.6. The molecule has 1 aliphatic heterocycles. The number of hydrogen-bond acceptors (Lipinski definition) is 2. The van der Waals surface area contributed by atoms with Crippen LogP contribution in [0, 0.1) is 0 Å². The minimum absolute atomic E-state index is 0.273. The molecule has 1 aliphatic rings. The van der Waals surface area contributed by atoms with Crippen molar-refractivity contribution in [1.82, 2.24) is 0 Å². The van der Waals surface area contributed by atoms with Gasteiger partial charge in [-0.3, -0.25) is 0 Å². The zero-order valence-electron chi connectivity index (χ0n) is 7.04. The smallest absolute Gasteiger partial charge is 0.331 e. The fourth-order valence-corrected chi connectivity index (χ4v) is 0.905. The number of carbonyl (C=O) groups is 1. The number of rotatable bonds is 4. The fraction of sp³-hybridized carbons (Fsp3) is 0.444. The Morgan fingerprint density at radius 2 is 2.42 bits per heavy atom. The van der Waals surface area contributed by atoms with Gasteiger partial charge in [0.25, 0.3) is 0 Å². The van der Waals surface area contributed by atoms with E-state index < -0.39 is 5.97 Å². The molecule has 1 rings (SSSR count). The molecule has 0 bridgehead atoms. The van der Waals surface area contributed by atoms with E-state index in [1.54, 1.807) is 13.0 Å². The van der Waals surface area contributed by atoms with Gasteiger partial charge in [0.05, 0.1) is 12.7 Å². The van der Waals surface area contributed by atoms with Crippen LogP contribution in [0.25, 0.3) is 0 Å². The summed E-state index contributed by atoms with van der Waals surface area (Å²) in [6.45, 7) is 6.07. The Hall–Kier alpha value is -1.09. The fourth-order valence-electron chi connectivity index (χ4n) is 0.905. The second-order valence-electron chi connectivity index (χ2n) is 2.95. The highest BCUT2D eigenvalue weighted by Gasteiger charge is 2.22. The van der Waals surface area contributed by atoms with Crippen molar-refractivity contribution in [3.63, 3.8) is 0 Å². The summed E-state index contributed by atoms with van der Waals surface area (Å²) in [5.41, 5.74) is 1.14. The monoisotopic (exact) mass is 168 g/mol. The largest absolute Gasteiger partial charge is 0.478 e. The number of carboxylic acids is 1. The second kappa shape index (κ2) is 3.54. The molecule has 1 atom stereocenters. The van der Waals surface area contributed by atoms with E-state index in [1.165, 1.54) is 0 Å². The van der Waals surface area contributed by atoms with E-state index in [-0.39, 0.29) is 6.10 Å². The van der Waals surface area contributed by atoms with Crippen LogP contribution in [-0.2, 0) is 9.53 Å². The Kier molecular flexibility index (Phi) is 2.65. The van der Waals surface area contributed by atoms with Crippen LogP contribution in [0.4, 0.5) is 0 Å². The zero-order valence-corrected chi connectivity index (χ0v) is 7.04. The van der Waals surface area contributed by atoms with Gasteiger partial charge >= 0.3 is 5.97 Å². The lowest BCUT2D eigenvalue weighted by Crippen LogP contribution is -1.97. The van der Waals surface area contributed by atoms with Gasteiger partial charge < -0.3 is 9.84 Å². The number of allylic oxidation sites excluding steroid dienone is 1. The number of epoxide rings is 1. The Morgan fingerprint density at radius 1 is 1.83 bits per heavy atom. The minimum atomic E-state index is -0.895. The number of aliphatic carboxylic acids is 1. The lowest BCUT2D eigenvalue weighted by atomic mass is 10.1. The van der Waals surface area contributed by atoms with Crippen LogP contribution in [-0.4, -0.2) is 23.8 Å². The van der Waals surface area contributed by atoms with Gasteiger partial charge in [0, 0.05) is 12.0 Å². The van der Waals surface area contributed by atoms with Crippen LogP contribution in [0.15, 0.2) is 23.8 Å². The molecule has 0 aliphatic carbocycles. The van der Waals surface area contributed by atoms with Gasteiger partial charge in [-0.15, -0.1) is 0 Å². The summed E-state index contributed by atoms with van der Waals surface area (Å²) in [5, 5.41) is 8.54. The maximum absolute atomic E-state index is 10.4. The van der Waals surface area contributed by atoms with E-state index in [0.717, 1.165) is 18.6 Å². The Balaban J connectivity index is 2.41. The van der Waals surface area contributed by atoms with E-state index >= 15 is 0 Å². The zero-order chi connectivity index (χ0) is 9.14. The average molecular weight is 168 g/mol. The average Bonchev–Trinajstić information content (AvgIpc) is 2.71. The van der Waals surface area contributed by atoms with Gasteiger partial charge in [0.15, 0.2) is 0 Å². The third-order valence-electron chi connectivity index (χ3n) is 1.65. The van der Waals surface area contributed by atoms with Gasteiger partial charge in [-0.1, -0.05) is 12.2 Å². The first-order valence-corrected chi connectivity index (χ1v) is 3.80. The number of hydrogen-bond donors (Lipinski definition) is 1. The van der Waals surface area contributed by atoms with E-state index in [9.17, 15) is 4.79 Å². The predicted molar refractivity (Wildman–Crippen MR) is 44.9 cm³/mol. The molecule has 1 heterocycles. The third-order valence-corrected chi connectivity index (χ3v) is 1.65. The van der Waals surface area contributed by atoms with Crippen molar-refractivity contribution in [3.05, 3.63) is 23.8 Å². The SMILES string of the molecule is C=C(C=C(C)C(=O)O)CC1CO1. The normalized spacial score (nSPS) is 22.1. The Labute approximate surface area is 71.3 Å². The van der Waals surface area contributed by atoms with Crippen molar-refractivity contribution in [2.45, 2.75) is 19.4 Å². The first kappa shape index (κ1) is 9.00. The topological polar surface area (TPSA) is 49.8 Å². The molecule has 0 spiro atoms. The molecule has 1 N–H and O–H groups in total. The number of ether oxygens (including phenoxy) is 1. The van der Waals surface area contributed by atoms with Crippen molar-refractivity contribution >= 4 is 5.97 Å². The molecule has 0 amide bonds. The maximum Gasteiger partial charge on any atom is 0.331 e. The lowest BCUT2D eigenvalue weighted by molar-refractivity contribution is -0.132. The second-order valence-corrected chi connectivity index (χ2v) is 2.95. The summed E-state index contributed by atoms with van der Waals surface area (Å²) in [7, 11) is 0. The third kappa shape index (κ3) is 2.88. The van der Waals surface area contributed by atoms with Crippen LogP contribution in [0.1, 0.15) is 13.3 Å². The molecule has 0 radical (unpaired) electrons. The standard InChI is InChI=1S/C9H12O3/c1-6(4-8-5-12-8)3-7(2)9(10)11/h3,8H,1,4-5H2,2H3,(H,10,11). The van der Waals surface area contributed by atoms with Gasteiger partial charge in [-0.05, 0) is 13.0 Å². The molecular formula is C9H12O3. The molecule has 12 heavy (non-hydrogen) atoms. The van der Waals surface area contributed by atoms with E-state index in [4.69, 9.17) is 9.84 Å². The van der Waals surface area contributed by atoms with E-state index in [0.29, 0.717) is 5.57 Å². The lowest BCUT2D eigenvalue weighted by Gasteiger charge is -1.96. The number of carboxylic acid groups (broad SMARTS) is 1. The highest BCUT2D eigenvalue weighted by molar-refractivity contribution is 5.86. The molecule has 3 nitrogen and oxygen atoms in total. The van der Waals surface area contributed by atoms with Gasteiger partial charge in [-0.2, -0.15) is 0 Å². The quantitative estimate of drug-likeness (QED) is 0.391. The van der Waals surface area contributed by atoms with Crippen LogP contribution in [0.3, 0.4) is 0 Å². The molecule has 1 saturated heterocycles. The molecule has 66 valence electrons. The molecule has 0 saturated carbocycles. The summed E-state index contributed by atoms with van der Waals surface area (Å²) in [6, 6.07) is 0. The van der Waals surface area contributed by atoms with Crippen LogP contribution in [0.2, 0.25) is 0 Å². The molecule has 3 heteroatoms. The van der Waals surface area contributed by atoms with Crippen molar-refractivity contribution in [1.29, 1.82) is 0 Å². The minimum Gasteiger partial charge on any atom is -0.478 e. The van der Waals surface area contributed by atoms with Crippen LogP contribution >= 0.6 is 0 Å². The van der Waals surface area contributed by atoms with Crippen molar-refractivity contribution in [2.75, 3.05) is 6.61 Å². The van der Waals surface area contributed by atoms with Gasteiger partial charge in [-0.25, -0.2) is 4.79 Å². The Morgan fingerprint density at radius 3 is 2.83 bits per heavy atom. The van der Waals surface area contributed by atoms with Crippen LogP contribution in [0.5, 0.6) is 0 Å². The summed E-state index contributed by atoms with van der Waals surface area (Å²) in [5.74, 6) is -0.895. The molecule has 0 aromatic heterocycles. The highest BCUT2D eigenvalue weighted by Crippen LogP contribution is 2.19. The summed E-state index contributed by atoms with van der Waals surface area (Å²) in [4.78, 5) is 10.4. The van der Waals surface area contributed by atoms with Crippen molar-refractivity contribution < 1.29 is 14.6 Å². The van der Waals surface area contributed by atoms with Crippen molar-refractivity contribution in [3.8, 4) is 0 Å². The van der Waals surface area contributed by atoms with Crippen molar-refractivity contribution in [2.24, 2.45) is 0 Å². The summed E-state index contributed by atoms with van der Waals surface area (Å²) in [6.07, 6.45) is 2.60. The Bertz CT molecular complexity index is 236. The first-order chi connectivity index (χ1) is 5.59. The summed E-state index contributed by atoms with van der Waals surface area (Å²) < 4.78 is 4.98. The van der Waals surface area contributed by atoms with E-state index in [2.05, 4.69) is 6.58 Å².